The lowest BCUT2D eigenvalue weighted by atomic mass is 9.87. The zero-order chi connectivity index (χ0) is 14.8. The van der Waals surface area contributed by atoms with Crippen LogP contribution in [0.2, 0.25) is 5.15 Å². The number of benzene rings is 1. The molecule has 0 bridgehead atoms. The number of anilines is 1. The van der Waals surface area contributed by atoms with Gasteiger partial charge in [-0.25, -0.2) is 4.98 Å². The van der Waals surface area contributed by atoms with E-state index in [9.17, 15) is 4.79 Å². The molecule has 2 aromatic rings. The summed E-state index contributed by atoms with van der Waals surface area (Å²) in [7, 11) is 0. The number of hydrogen-bond acceptors (Lipinski definition) is 3. The van der Waals surface area contributed by atoms with Gasteiger partial charge in [-0.1, -0.05) is 44.5 Å². The van der Waals surface area contributed by atoms with E-state index in [1.165, 1.54) is 18.0 Å². The monoisotopic (exact) mass is 289 g/mol. The van der Waals surface area contributed by atoms with Crippen LogP contribution >= 0.6 is 11.6 Å². The van der Waals surface area contributed by atoms with E-state index < -0.39 is 0 Å². The Hall–Kier alpha value is -1.94. The molecule has 0 spiro atoms. The van der Waals surface area contributed by atoms with Crippen LogP contribution < -0.4 is 5.32 Å². The second-order valence-electron chi connectivity index (χ2n) is 5.51. The van der Waals surface area contributed by atoms with Gasteiger partial charge in [0.15, 0.2) is 5.82 Å². The van der Waals surface area contributed by atoms with Crippen molar-refractivity contribution < 1.29 is 4.79 Å². The number of hydrogen-bond donors (Lipinski definition) is 1. The molecule has 0 fully saturated rings. The van der Waals surface area contributed by atoms with Crippen LogP contribution in [0, 0.1) is 0 Å². The molecule has 4 nitrogen and oxygen atoms in total. The highest BCUT2D eigenvalue weighted by molar-refractivity contribution is 6.29. The maximum Gasteiger partial charge on any atom is 0.256 e. The summed E-state index contributed by atoms with van der Waals surface area (Å²) < 4.78 is 0. The number of aromatic nitrogens is 2. The van der Waals surface area contributed by atoms with E-state index in [0.717, 1.165) is 0 Å². The third-order valence-corrected chi connectivity index (χ3v) is 3.04. The molecule has 0 saturated carbocycles. The first-order valence-corrected chi connectivity index (χ1v) is 6.63. The number of amides is 1. The predicted octanol–water partition coefficient (Wildman–Crippen LogP) is 3.68. The molecule has 0 saturated heterocycles. The Morgan fingerprint density at radius 2 is 1.80 bits per heavy atom. The molecule has 20 heavy (non-hydrogen) atoms. The van der Waals surface area contributed by atoms with Crippen molar-refractivity contribution in [2.45, 2.75) is 26.2 Å². The fraction of sp³-hybridized carbons (Fsp3) is 0.267. The highest BCUT2D eigenvalue weighted by atomic mass is 35.5. The molecule has 1 aromatic carbocycles. The highest BCUT2D eigenvalue weighted by Crippen LogP contribution is 2.22. The van der Waals surface area contributed by atoms with Gasteiger partial charge in [-0.2, -0.15) is 0 Å². The first kappa shape index (κ1) is 14.5. The minimum Gasteiger partial charge on any atom is -0.305 e. The molecule has 0 unspecified atom stereocenters. The SMILES string of the molecule is CC(C)(C)c1ccc(C(=O)Nc2cncc(Cl)n2)cc1. The molecule has 0 atom stereocenters. The van der Waals surface area contributed by atoms with Crippen LogP contribution in [0.25, 0.3) is 0 Å². The minimum absolute atomic E-state index is 0.0629. The van der Waals surface area contributed by atoms with Gasteiger partial charge in [0.2, 0.25) is 0 Å². The first-order chi connectivity index (χ1) is 9.36. The van der Waals surface area contributed by atoms with Crippen molar-refractivity contribution in [3.8, 4) is 0 Å². The minimum atomic E-state index is -0.234. The maximum atomic E-state index is 12.1. The van der Waals surface area contributed by atoms with Gasteiger partial charge in [0.05, 0.1) is 12.4 Å². The highest BCUT2D eigenvalue weighted by Gasteiger charge is 2.14. The van der Waals surface area contributed by atoms with Crippen LogP contribution in [0.5, 0.6) is 0 Å². The Bertz CT molecular complexity index is 618. The number of halogens is 1. The number of nitrogens with zero attached hydrogens (tertiary/aromatic N) is 2. The van der Waals surface area contributed by atoms with Gasteiger partial charge < -0.3 is 5.32 Å². The lowest BCUT2D eigenvalue weighted by Crippen LogP contribution is -2.15. The summed E-state index contributed by atoms with van der Waals surface area (Å²) in [5.74, 6) is 0.101. The van der Waals surface area contributed by atoms with Gasteiger partial charge >= 0.3 is 0 Å². The van der Waals surface area contributed by atoms with E-state index in [2.05, 4.69) is 36.1 Å². The zero-order valence-electron chi connectivity index (χ0n) is 11.6. The average Bonchev–Trinajstić information content (AvgIpc) is 2.38. The summed E-state index contributed by atoms with van der Waals surface area (Å²) in [6, 6.07) is 7.51. The van der Waals surface area contributed by atoms with Crippen LogP contribution in [-0.4, -0.2) is 15.9 Å². The summed E-state index contributed by atoms with van der Waals surface area (Å²) >= 11 is 5.72. The van der Waals surface area contributed by atoms with Gasteiger partial charge in [0.25, 0.3) is 5.91 Å². The summed E-state index contributed by atoms with van der Waals surface area (Å²) in [6.45, 7) is 6.39. The molecule has 0 radical (unpaired) electrons. The average molecular weight is 290 g/mol. The molecule has 1 amide bonds. The van der Waals surface area contributed by atoms with Crippen molar-refractivity contribution in [3.63, 3.8) is 0 Å². The van der Waals surface area contributed by atoms with E-state index in [1.54, 1.807) is 12.1 Å². The van der Waals surface area contributed by atoms with E-state index in [-0.39, 0.29) is 16.5 Å². The second-order valence-corrected chi connectivity index (χ2v) is 5.90. The molecule has 1 aromatic heterocycles. The van der Waals surface area contributed by atoms with Crippen LogP contribution in [-0.2, 0) is 5.41 Å². The van der Waals surface area contributed by atoms with Gasteiger partial charge in [0.1, 0.15) is 5.15 Å². The lowest BCUT2D eigenvalue weighted by Gasteiger charge is -2.19. The Morgan fingerprint density at radius 1 is 1.15 bits per heavy atom. The standard InChI is InChI=1S/C15H16ClN3O/c1-15(2,3)11-6-4-10(5-7-11)14(20)19-13-9-17-8-12(16)18-13/h4-9H,1-3H3,(H,18,19,20). The summed E-state index contributed by atoms with van der Waals surface area (Å²) in [5.41, 5.74) is 1.81. The predicted molar refractivity (Wildman–Crippen MR) is 80.1 cm³/mol. The second kappa shape index (κ2) is 5.59. The quantitative estimate of drug-likeness (QED) is 0.917. The maximum absolute atomic E-state index is 12.1. The number of rotatable bonds is 2. The molecule has 0 aliphatic carbocycles. The molecule has 0 aliphatic rings. The van der Waals surface area contributed by atoms with Gasteiger partial charge in [0, 0.05) is 5.56 Å². The summed E-state index contributed by atoms with van der Waals surface area (Å²) in [6.07, 6.45) is 2.86. The van der Waals surface area contributed by atoms with Crippen molar-refractivity contribution in [2.24, 2.45) is 0 Å². The van der Waals surface area contributed by atoms with Crippen molar-refractivity contribution >= 4 is 23.3 Å². The number of carbonyl (C=O) groups excluding carboxylic acids is 1. The molecular formula is C15H16ClN3O. The van der Waals surface area contributed by atoms with Gasteiger partial charge in [-0.15, -0.1) is 0 Å². The molecule has 1 N–H and O–H groups in total. The fourth-order valence-electron chi connectivity index (χ4n) is 1.71. The molecule has 2 rings (SSSR count). The van der Waals surface area contributed by atoms with Crippen molar-refractivity contribution in [2.75, 3.05) is 5.32 Å². The Kier molecular flexibility index (Phi) is 4.04. The van der Waals surface area contributed by atoms with E-state index in [0.29, 0.717) is 11.4 Å². The summed E-state index contributed by atoms with van der Waals surface area (Å²) in [4.78, 5) is 19.9. The Labute approximate surface area is 123 Å². The van der Waals surface area contributed by atoms with E-state index in [1.807, 2.05) is 12.1 Å². The smallest absolute Gasteiger partial charge is 0.256 e. The van der Waals surface area contributed by atoms with Crippen LogP contribution in [0.15, 0.2) is 36.7 Å². The van der Waals surface area contributed by atoms with Crippen LogP contribution in [0.1, 0.15) is 36.7 Å². The number of nitrogens with one attached hydrogen (secondary N) is 1. The van der Waals surface area contributed by atoms with Crippen molar-refractivity contribution in [1.29, 1.82) is 0 Å². The van der Waals surface area contributed by atoms with Crippen molar-refractivity contribution in [1.82, 2.24) is 9.97 Å². The lowest BCUT2D eigenvalue weighted by molar-refractivity contribution is 0.102. The van der Waals surface area contributed by atoms with Crippen LogP contribution in [0.4, 0.5) is 5.82 Å². The van der Waals surface area contributed by atoms with Crippen LogP contribution in [0.3, 0.4) is 0 Å². The Balaban J connectivity index is 2.14. The molecule has 5 heteroatoms. The molecule has 1 heterocycles. The number of carbonyl (C=O) groups is 1. The third-order valence-electron chi connectivity index (χ3n) is 2.86. The van der Waals surface area contributed by atoms with Crippen molar-refractivity contribution in [3.05, 3.63) is 52.9 Å². The summed E-state index contributed by atoms with van der Waals surface area (Å²) in [5, 5.41) is 2.90. The topological polar surface area (TPSA) is 54.9 Å². The first-order valence-electron chi connectivity index (χ1n) is 6.26. The Morgan fingerprint density at radius 3 is 2.35 bits per heavy atom. The van der Waals surface area contributed by atoms with E-state index >= 15 is 0 Å². The van der Waals surface area contributed by atoms with Gasteiger partial charge in [-0.05, 0) is 23.1 Å². The molecule has 0 aliphatic heterocycles. The molecular weight excluding hydrogens is 274 g/mol. The van der Waals surface area contributed by atoms with Gasteiger partial charge in [-0.3, -0.25) is 9.78 Å². The van der Waals surface area contributed by atoms with E-state index in [4.69, 9.17) is 11.6 Å². The zero-order valence-corrected chi connectivity index (χ0v) is 12.4. The normalized spacial score (nSPS) is 11.2. The largest absolute Gasteiger partial charge is 0.305 e. The molecule has 104 valence electrons. The fourth-order valence-corrected chi connectivity index (χ4v) is 1.86. The third kappa shape index (κ3) is 3.54.